The van der Waals surface area contributed by atoms with Crippen LogP contribution in [0.25, 0.3) is 5.57 Å². The number of nitrogens with zero attached hydrogens (tertiary/aromatic N) is 1. The molecule has 1 aliphatic heterocycles. The van der Waals surface area contributed by atoms with Crippen molar-refractivity contribution < 1.29 is 17.6 Å². The maximum absolute atomic E-state index is 14.2. The Morgan fingerprint density at radius 2 is 1.69 bits per heavy atom. The van der Waals surface area contributed by atoms with E-state index in [0.717, 1.165) is 38.5 Å². The molecule has 0 aliphatic carbocycles. The molecule has 0 amide bonds. The lowest BCUT2D eigenvalue weighted by atomic mass is 9.85. The molecule has 0 unspecified atom stereocenters. The lowest BCUT2D eigenvalue weighted by molar-refractivity contribution is -0.137. The molecule has 5 heteroatoms. The third-order valence-electron chi connectivity index (χ3n) is 4.97. The Kier molecular flexibility index (Phi) is 5.47. The molecule has 1 fully saturated rings. The second kappa shape index (κ2) is 7.62. The third-order valence-corrected chi connectivity index (χ3v) is 4.97. The third kappa shape index (κ3) is 4.33. The molecule has 0 aromatic heterocycles. The molecule has 2 aromatic rings. The number of likely N-dealkylation sites (tertiary alicyclic amines) is 1. The van der Waals surface area contributed by atoms with Gasteiger partial charge in [0.25, 0.3) is 0 Å². The van der Waals surface area contributed by atoms with Crippen molar-refractivity contribution >= 4 is 5.57 Å². The van der Waals surface area contributed by atoms with Gasteiger partial charge in [-0.15, -0.1) is 0 Å². The number of rotatable bonds is 4. The van der Waals surface area contributed by atoms with E-state index in [9.17, 15) is 17.6 Å². The normalized spacial score (nSPS) is 16.6. The minimum absolute atomic E-state index is 0.0910. The molecule has 26 heavy (non-hydrogen) atoms. The highest BCUT2D eigenvalue weighted by Gasteiger charge is 2.32. The number of hydrogen-bond donors (Lipinski definition) is 0. The van der Waals surface area contributed by atoms with Gasteiger partial charge in [0.05, 0.1) is 5.56 Å². The minimum atomic E-state index is -4.54. The van der Waals surface area contributed by atoms with Crippen LogP contribution >= 0.6 is 0 Å². The van der Waals surface area contributed by atoms with Crippen molar-refractivity contribution in [1.29, 1.82) is 0 Å². The van der Waals surface area contributed by atoms with Crippen molar-refractivity contribution in [3.63, 3.8) is 0 Å². The Hall–Kier alpha value is -2.14. The van der Waals surface area contributed by atoms with Crippen LogP contribution in [0.15, 0.2) is 55.1 Å². The predicted molar refractivity (Wildman–Crippen MR) is 94.9 cm³/mol. The molecule has 0 bridgehead atoms. The van der Waals surface area contributed by atoms with E-state index >= 15 is 0 Å². The van der Waals surface area contributed by atoms with Gasteiger partial charge in [-0.2, -0.15) is 13.2 Å². The first kappa shape index (κ1) is 18.6. The average Bonchev–Trinajstić information content (AvgIpc) is 2.62. The van der Waals surface area contributed by atoms with E-state index in [2.05, 4.69) is 23.6 Å². The first-order valence-electron chi connectivity index (χ1n) is 8.67. The second-order valence-electron chi connectivity index (χ2n) is 6.75. The lowest BCUT2D eigenvalue weighted by Crippen LogP contribution is -2.33. The van der Waals surface area contributed by atoms with Crippen LogP contribution in [0.3, 0.4) is 0 Å². The Bertz CT molecular complexity index is 759. The van der Waals surface area contributed by atoms with Gasteiger partial charge in [0, 0.05) is 12.1 Å². The van der Waals surface area contributed by atoms with Crippen LogP contribution in [-0.4, -0.2) is 18.0 Å². The quantitative estimate of drug-likeness (QED) is 0.623. The molecule has 3 rings (SSSR count). The Balaban J connectivity index is 1.62. The van der Waals surface area contributed by atoms with Gasteiger partial charge in [-0.1, -0.05) is 43.0 Å². The Morgan fingerprint density at radius 1 is 1.04 bits per heavy atom. The van der Waals surface area contributed by atoms with Gasteiger partial charge < -0.3 is 0 Å². The minimum Gasteiger partial charge on any atom is -0.299 e. The zero-order valence-corrected chi connectivity index (χ0v) is 14.4. The highest BCUT2D eigenvalue weighted by molar-refractivity contribution is 5.66. The molecule has 1 saturated heterocycles. The number of halogens is 4. The maximum Gasteiger partial charge on any atom is 0.416 e. The van der Waals surface area contributed by atoms with Crippen molar-refractivity contribution in [3.05, 3.63) is 77.6 Å². The summed E-state index contributed by atoms with van der Waals surface area (Å²) in [7, 11) is 0. The van der Waals surface area contributed by atoms with E-state index in [1.165, 1.54) is 11.6 Å². The topological polar surface area (TPSA) is 3.24 Å². The van der Waals surface area contributed by atoms with Crippen LogP contribution in [0.1, 0.15) is 29.5 Å². The van der Waals surface area contributed by atoms with Crippen molar-refractivity contribution in [1.82, 2.24) is 4.90 Å². The summed E-state index contributed by atoms with van der Waals surface area (Å²) in [6.45, 7) is 6.56. The molecule has 0 saturated carbocycles. The lowest BCUT2D eigenvalue weighted by Gasteiger charge is -2.33. The molecular formula is C21H21F4N. The van der Waals surface area contributed by atoms with Gasteiger partial charge in [-0.25, -0.2) is 4.39 Å². The summed E-state index contributed by atoms with van der Waals surface area (Å²) in [4.78, 5) is 2.34. The van der Waals surface area contributed by atoms with E-state index < -0.39 is 17.6 Å². The summed E-state index contributed by atoms with van der Waals surface area (Å²) < 4.78 is 52.2. The molecule has 0 N–H and O–H groups in total. The molecule has 1 heterocycles. The van der Waals surface area contributed by atoms with Crippen LogP contribution in [0, 0.1) is 11.7 Å². The van der Waals surface area contributed by atoms with Crippen molar-refractivity contribution in [2.24, 2.45) is 5.92 Å². The SMILES string of the molecule is C=C(c1ccc(C(F)(F)F)cc1F)C1CCN(Cc2ccccc2)CC1. The van der Waals surface area contributed by atoms with Crippen LogP contribution in [0.4, 0.5) is 17.6 Å². The fourth-order valence-electron chi connectivity index (χ4n) is 3.45. The number of hydrogen-bond acceptors (Lipinski definition) is 1. The van der Waals surface area contributed by atoms with E-state index in [0.29, 0.717) is 11.6 Å². The van der Waals surface area contributed by atoms with Crippen LogP contribution in [-0.2, 0) is 12.7 Å². The molecule has 2 aromatic carbocycles. The zero-order valence-electron chi connectivity index (χ0n) is 14.4. The fraction of sp³-hybridized carbons (Fsp3) is 0.333. The monoisotopic (exact) mass is 363 g/mol. The molecule has 138 valence electrons. The van der Waals surface area contributed by atoms with Crippen LogP contribution < -0.4 is 0 Å². The van der Waals surface area contributed by atoms with E-state index in [1.54, 1.807) is 0 Å². The van der Waals surface area contributed by atoms with E-state index in [-0.39, 0.29) is 11.5 Å². The highest BCUT2D eigenvalue weighted by Crippen LogP contribution is 2.35. The number of piperidine rings is 1. The summed E-state index contributed by atoms with van der Waals surface area (Å²) in [6, 6.07) is 12.9. The first-order chi connectivity index (χ1) is 12.3. The Labute approximate surface area is 150 Å². The summed E-state index contributed by atoms with van der Waals surface area (Å²) in [6.07, 6.45) is -2.89. The Morgan fingerprint density at radius 3 is 2.27 bits per heavy atom. The number of allylic oxidation sites excluding steroid dienone is 1. The smallest absolute Gasteiger partial charge is 0.299 e. The molecule has 0 atom stereocenters. The van der Waals surface area contributed by atoms with Crippen molar-refractivity contribution in [2.45, 2.75) is 25.6 Å². The van der Waals surface area contributed by atoms with Gasteiger partial charge in [-0.05, 0) is 55.1 Å². The van der Waals surface area contributed by atoms with Crippen molar-refractivity contribution in [3.8, 4) is 0 Å². The van der Waals surface area contributed by atoms with Crippen LogP contribution in [0.5, 0.6) is 0 Å². The summed E-state index contributed by atoms with van der Waals surface area (Å²) in [5.74, 6) is -0.759. The van der Waals surface area contributed by atoms with E-state index in [4.69, 9.17) is 0 Å². The standard InChI is InChI=1S/C21H21F4N/c1-15(19-8-7-18(13-20(19)22)21(23,24)25)17-9-11-26(12-10-17)14-16-5-3-2-4-6-16/h2-8,13,17H,1,9-12,14H2. The predicted octanol–water partition coefficient (Wildman–Crippen LogP) is 5.77. The van der Waals surface area contributed by atoms with Gasteiger partial charge >= 0.3 is 6.18 Å². The van der Waals surface area contributed by atoms with Gasteiger partial charge in [-0.3, -0.25) is 4.90 Å². The summed E-state index contributed by atoms with van der Waals surface area (Å²) in [5.41, 5.74) is 1.07. The molecule has 0 spiro atoms. The van der Waals surface area contributed by atoms with Gasteiger partial charge in [0.2, 0.25) is 0 Å². The maximum atomic E-state index is 14.2. The molecule has 1 nitrogen and oxygen atoms in total. The zero-order chi connectivity index (χ0) is 18.7. The van der Waals surface area contributed by atoms with E-state index in [1.807, 2.05) is 18.2 Å². The van der Waals surface area contributed by atoms with Crippen LogP contribution in [0.2, 0.25) is 0 Å². The highest BCUT2D eigenvalue weighted by atomic mass is 19.4. The summed E-state index contributed by atoms with van der Waals surface area (Å²) >= 11 is 0. The van der Waals surface area contributed by atoms with Crippen molar-refractivity contribution in [2.75, 3.05) is 13.1 Å². The average molecular weight is 363 g/mol. The molecule has 0 radical (unpaired) electrons. The molecule has 1 aliphatic rings. The first-order valence-corrected chi connectivity index (χ1v) is 8.67. The second-order valence-corrected chi connectivity index (χ2v) is 6.75. The molecular weight excluding hydrogens is 342 g/mol. The number of benzene rings is 2. The summed E-state index contributed by atoms with van der Waals surface area (Å²) in [5, 5.41) is 0. The fourth-order valence-corrected chi connectivity index (χ4v) is 3.45. The van der Waals surface area contributed by atoms with Gasteiger partial charge in [0.1, 0.15) is 5.82 Å². The largest absolute Gasteiger partial charge is 0.416 e. The number of alkyl halides is 3. The van der Waals surface area contributed by atoms with Gasteiger partial charge in [0.15, 0.2) is 0 Å².